The van der Waals surface area contributed by atoms with E-state index >= 15 is 0 Å². The molecule has 0 saturated heterocycles. The standard InChI is InChI=1S/C14H6N2/c1-2-3-4-5-6-7-8-9-10-11-14-15-12-13-16-14/h12-13H,1H3,(H,15,16). The third kappa shape index (κ3) is 4.90. The lowest BCUT2D eigenvalue weighted by molar-refractivity contribution is 1.25. The number of hydrogen-bond acceptors (Lipinski definition) is 1. The first kappa shape index (κ1) is 11.1. The molecule has 1 aromatic rings. The second-order valence-corrected chi connectivity index (χ2v) is 2.31. The van der Waals surface area contributed by atoms with E-state index in [2.05, 4.69) is 69.2 Å². The average molecular weight is 202 g/mol. The van der Waals surface area contributed by atoms with Gasteiger partial charge in [-0.3, -0.25) is 0 Å². The van der Waals surface area contributed by atoms with Gasteiger partial charge in [-0.2, -0.15) is 0 Å². The summed E-state index contributed by atoms with van der Waals surface area (Å²) in [5.41, 5.74) is 0. The zero-order valence-corrected chi connectivity index (χ0v) is 8.60. The van der Waals surface area contributed by atoms with E-state index in [0.29, 0.717) is 5.82 Å². The molecule has 0 atom stereocenters. The third-order valence-corrected chi connectivity index (χ3v) is 1.24. The number of rotatable bonds is 0. The number of nitrogens with zero attached hydrogens (tertiary/aromatic N) is 1. The van der Waals surface area contributed by atoms with Crippen molar-refractivity contribution in [3.05, 3.63) is 18.2 Å². The predicted octanol–water partition coefficient (Wildman–Crippen LogP) is 0.795. The van der Waals surface area contributed by atoms with Gasteiger partial charge in [0.05, 0.1) is 0 Å². The molecule has 0 amide bonds. The van der Waals surface area contributed by atoms with Gasteiger partial charge in [-0.25, -0.2) is 4.98 Å². The molecule has 0 radical (unpaired) electrons. The van der Waals surface area contributed by atoms with Crippen LogP contribution in [-0.2, 0) is 0 Å². The van der Waals surface area contributed by atoms with Crippen LogP contribution < -0.4 is 0 Å². The molecule has 0 bridgehead atoms. The first-order chi connectivity index (χ1) is 7.93. The topological polar surface area (TPSA) is 28.7 Å². The van der Waals surface area contributed by atoms with Crippen LogP contribution in [-0.4, -0.2) is 9.97 Å². The molecule has 0 fully saturated rings. The number of aromatic amines is 1. The van der Waals surface area contributed by atoms with E-state index in [0.717, 1.165) is 0 Å². The van der Waals surface area contributed by atoms with Crippen molar-refractivity contribution in [1.29, 1.82) is 0 Å². The van der Waals surface area contributed by atoms with Crippen molar-refractivity contribution < 1.29 is 0 Å². The second-order valence-electron chi connectivity index (χ2n) is 2.31. The monoisotopic (exact) mass is 202 g/mol. The summed E-state index contributed by atoms with van der Waals surface area (Å²) >= 11 is 0. The molecule has 0 aliphatic carbocycles. The predicted molar refractivity (Wildman–Crippen MR) is 62.2 cm³/mol. The van der Waals surface area contributed by atoms with Gasteiger partial charge in [0.25, 0.3) is 0 Å². The minimum absolute atomic E-state index is 0.584. The summed E-state index contributed by atoms with van der Waals surface area (Å²) < 4.78 is 0. The van der Waals surface area contributed by atoms with Crippen LogP contribution in [0.3, 0.4) is 0 Å². The van der Waals surface area contributed by atoms with Gasteiger partial charge in [0.1, 0.15) is 0 Å². The molecule has 16 heavy (non-hydrogen) atoms. The SMILES string of the molecule is CC#CC#CC#CC#CC#Cc1ncc[nH]1. The molecular formula is C14H6N2. The molecule has 0 aliphatic rings. The van der Waals surface area contributed by atoms with E-state index in [9.17, 15) is 0 Å². The minimum atomic E-state index is 0.584. The van der Waals surface area contributed by atoms with E-state index in [1.165, 1.54) is 0 Å². The Morgan fingerprint density at radius 3 is 2.12 bits per heavy atom. The van der Waals surface area contributed by atoms with Crippen LogP contribution >= 0.6 is 0 Å². The third-order valence-electron chi connectivity index (χ3n) is 1.24. The number of hydrogen-bond donors (Lipinski definition) is 1. The molecule has 2 heteroatoms. The maximum absolute atomic E-state index is 3.91. The number of imidazole rings is 1. The highest BCUT2D eigenvalue weighted by Crippen LogP contribution is 1.81. The van der Waals surface area contributed by atoms with Crippen molar-refractivity contribution in [1.82, 2.24) is 9.97 Å². The fraction of sp³-hybridized carbons (Fsp3) is 0.0714. The Morgan fingerprint density at radius 1 is 0.938 bits per heavy atom. The molecule has 0 unspecified atom stereocenters. The Kier molecular flexibility index (Phi) is 5.14. The van der Waals surface area contributed by atoms with E-state index in [-0.39, 0.29) is 0 Å². The van der Waals surface area contributed by atoms with E-state index in [1.807, 2.05) is 0 Å². The summed E-state index contributed by atoms with van der Waals surface area (Å²) in [6.45, 7) is 1.71. The lowest BCUT2D eigenvalue weighted by Crippen LogP contribution is -1.73. The second kappa shape index (κ2) is 7.42. The van der Waals surface area contributed by atoms with Gasteiger partial charge in [-0.1, -0.05) is 5.92 Å². The van der Waals surface area contributed by atoms with Crippen LogP contribution in [0.5, 0.6) is 0 Å². The fourth-order valence-corrected chi connectivity index (χ4v) is 0.674. The van der Waals surface area contributed by atoms with Crippen LogP contribution in [0.25, 0.3) is 0 Å². The maximum Gasteiger partial charge on any atom is 0.183 e. The van der Waals surface area contributed by atoms with Crippen molar-refractivity contribution in [3.8, 4) is 59.2 Å². The molecule has 72 valence electrons. The number of nitrogens with one attached hydrogen (secondary N) is 1. The molecule has 0 aliphatic heterocycles. The maximum atomic E-state index is 3.91. The Bertz CT molecular complexity index is 637. The highest BCUT2D eigenvalue weighted by Gasteiger charge is 1.81. The van der Waals surface area contributed by atoms with Gasteiger partial charge in [0, 0.05) is 12.4 Å². The molecule has 2 nitrogen and oxygen atoms in total. The number of H-pyrrole nitrogens is 1. The molecule has 1 heterocycles. The smallest absolute Gasteiger partial charge is 0.183 e. The normalized spacial score (nSPS) is 5.81. The zero-order chi connectivity index (χ0) is 11.5. The van der Waals surface area contributed by atoms with Gasteiger partial charge < -0.3 is 4.98 Å². The quantitative estimate of drug-likeness (QED) is 0.619. The molecule has 1 aromatic heterocycles. The highest BCUT2D eigenvalue weighted by atomic mass is 14.9. The van der Waals surface area contributed by atoms with Crippen LogP contribution in [0.1, 0.15) is 12.7 Å². The van der Waals surface area contributed by atoms with Crippen molar-refractivity contribution in [2.45, 2.75) is 6.92 Å². The minimum Gasteiger partial charge on any atom is -0.338 e. The Labute approximate surface area is 94.9 Å². The van der Waals surface area contributed by atoms with Crippen LogP contribution in [0.4, 0.5) is 0 Å². The summed E-state index contributed by atoms with van der Waals surface area (Å²) in [5, 5.41) is 0. The molecule has 0 spiro atoms. The largest absolute Gasteiger partial charge is 0.338 e. The van der Waals surface area contributed by atoms with E-state index < -0.39 is 0 Å². The van der Waals surface area contributed by atoms with E-state index in [1.54, 1.807) is 19.3 Å². The zero-order valence-electron chi connectivity index (χ0n) is 8.60. The molecule has 0 saturated carbocycles. The fourth-order valence-electron chi connectivity index (χ4n) is 0.674. The lowest BCUT2D eigenvalue weighted by atomic mass is 10.5. The van der Waals surface area contributed by atoms with Crippen molar-refractivity contribution in [3.63, 3.8) is 0 Å². The summed E-state index contributed by atoms with van der Waals surface area (Å²) in [7, 11) is 0. The van der Waals surface area contributed by atoms with Crippen LogP contribution in [0.2, 0.25) is 0 Å². The van der Waals surface area contributed by atoms with Crippen molar-refractivity contribution >= 4 is 0 Å². The Morgan fingerprint density at radius 2 is 1.56 bits per heavy atom. The van der Waals surface area contributed by atoms with Crippen molar-refractivity contribution in [2.24, 2.45) is 0 Å². The lowest BCUT2D eigenvalue weighted by Gasteiger charge is -1.71. The summed E-state index contributed by atoms with van der Waals surface area (Å²) in [6.07, 6.45) is 3.32. The first-order valence-electron chi connectivity index (χ1n) is 4.35. The average Bonchev–Trinajstić information content (AvgIpc) is 2.80. The number of aromatic nitrogens is 2. The van der Waals surface area contributed by atoms with Crippen LogP contribution in [0, 0.1) is 59.2 Å². The van der Waals surface area contributed by atoms with Gasteiger partial charge in [0.15, 0.2) is 5.82 Å². The van der Waals surface area contributed by atoms with Gasteiger partial charge in [0.2, 0.25) is 0 Å². The summed E-state index contributed by atoms with van der Waals surface area (Å²) in [5.74, 6) is 26.4. The summed E-state index contributed by atoms with van der Waals surface area (Å²) in [6, 6.07) is 0. The van der Waals surface area contributed by atoms with E-state index in [4.69, 9.17) is 0 Å². The van der Waals surface area contributed by atoms with Gasteiger partial charge in [-0.15, -0.1) is 0 Å². The molecule has 0 aromatic carbocycles. The first-order valence-corrected chi connectivity index (χ1v) is 4.35. The van der Waals surface area contributed by atoms with Gasteiger partial charge in [-0.05, 0) is 60.2 Å². The van der Waals surface area contributed by atoms with Crippen molar-refractivity contribution in [2.75, 3.05) is 0 Å². The molecule has 1 rings (SSSR count). The van der Waals surface area contributed by atoms with Gasteiger partial charge >= 0.3 is 0 Å². The Hall–Kier alpha value is -2.99. The highest BCUT2D eigenvalue weighted by molar-refractivity contribution is 5.43. The van der Waals surface area contributed by atoms with Crippen LogP contribution in [0.15, 0.2) is 12.4 Å². The Balaban J connectivity index is 2.50. The molecule has 1 N–H and O–H groups in total. The molecular weight excluding hydrogens is 196 g/mol. The summed E-state index contributed by atoms with van der Waals surface area (Å²) in [4.78, 5) is 6.75.